The van der Waals surface area contributed by atoms with Crippen molar-refractivity contribution in [1.29, 1.82) is 0 Å². The zero-order valence-electron chi connectivity index (χ0n) is 10.6. The summed E-state index contributed by atoms with van der Waals surface area (Å²) in [6.07, 6.45) is 0.761. The molecule has 12 nitrogen and oxygen atoms in total. The van der Waals surface area contributed by atoms with Crippen LogP contribution in [0.5, 0.6) is 0 Å². The summed E-state index contributed by atoms with van der Waals surface area (Å²) in [4.78, 5) is 11.6. The predicted molar refractivity (Wildman–Crippen MR) is 68.4 cm³/mol. The zero-order chi connectivity index (χ0) is 15.2. The number of aliphatic hydroxyl groups excluding tert-OH is 1. The van der Waals surface area contributed by atoms with Crippen LogP contribution in [0.4, 0.5) is 11.6 Å². The summed E-state index contributed by atoms with van der Waals surface area (Å²) >= 11 is 0. The zero-order valence-corrected chi connectivity index (χ0v) is 10.6. The molecule has 7 N–H and O–H groups in total. The number of nitrogen functional groups attached to an aromatic ring is 2. The maximum atomic E-state index is 11.6. The molecule has 2 heterocycles. The largest absolute Gasteiger partial charge is 0.513 e. The molecule has 0 aliphatic rings. The Bertz CT molecular complexity index is 648. The Balaban J connectivity index is 1.81. The van der Waals surface area contributed by atoms with E-state index in [0.717, 1.165) is 6.26 Å². The predicted octanol–water partition coefficient (Wildman–Crippen LogP) is -1.51. The van der Waals surface area contributed by atoms with E-state index < -0.39 is 5.91 Å². The molecule has 0 saturated heterocycles. The second-order valence-electron chi connectivity index (χ2n) is 3.72. The van der Waals surface area contributed by atoms with Gasteiger partial charge in [0.1, 0.15) is 12.0 Å². The van der Waals surface area contributed by atoms with Crippen molar-refractivity contribution in [3.63, 3.8) is 0 Å². The molecular formula is C9H12N8O4. The van der Waals surface area contributed by atoms with Crippen molar-refractivity contribution in [3.05, 3.63) is 17.6 Å². The van der Waals surface area contributed by atoms with Crippen LogP contribution in [0.3, 0.4) is 0 Å². The summed E-state index contributed by atoms with van der Waals surface area (Å²) in [5.74, 6) is -0.612. The van der Waals surface area contributed by atoms with Gasteiger partial charge in [-0.25, -0.2) is 9.26 Å². The second kappa shape index (κ2) is 6.23. The minimum absolute atomic E-state index is 0.0216. The first-order valence-electron chi connectivity index (χ1n) is 5.66. The first kappa shape index (κ1) is 14.1. The van der Waals surface area contributed by atoms with E-state index in [1.165, 1.54) is 0 Å². The third kappa shape index (κ3) is 3.17. The van der Waals surface area contributed by atoms with Crippen LogP contribution in [-0.2, 0) is 0 Å². The summed E-state index contributed by atoms with van der Waals surface area (Å²) in [6, 6.07) is 0. The van der Waals surface area contributed by atoms with Gasteiger partial charge in [0.25, 0.3) is 5.91 Å². The van der Waals surface area contributed by atoms with Crippen molar-refractivity contribution in [3.8, 4) is 0 Å². The fraction of sp³-hybridized carbons (Fsp3) is 0.222. The Morgan fingerprint density at radius 1 is 1.05 bits per heavy atom. The molecule has 0 bridgehead atoms. The highest BCUT2D eigenvalue weighted by Gasteiger charge is 2.15. The van der Waals surface area contributed by atoms with E-state index in [9.17, 15) is 4.79 Å². The van der Waals surface area contributed by atoms with Gasteiger partial charge in [0.05, 0.1) is 0 Å². The molecule has 0 aliphatic heterocycles. The number of aromatic nitrogens is 4. The number of hydrogen-bond donors (Lipinski definition) is 5. The molecule has 2 aromatic heterocycles. The molecule has 0 saturated carbocycles. The van der Waals surface area contributed by atoms with Crippen LogP contribution in [-0.4, -0.2) is 44.7 Å². The number of aliphatic hydroxyl groups is 1. The molecule has 1 amide bonds. The van der Waals surface area contributed by atoms with Crippen LogP contribution < -0.4 is 22.1 Å². The molecule has 0 aliphatic carbocycles. The van der Waals surface area contributed by atoms with Gasteiger partial charge in [-0.3, -0.25) is 4.79 Å². The van der Waals surface area contributed by atoms with Crippen LogP contribution >= 0.6 is 0 Å². The highest BCUT2D eigenvalue weighted by atomic mass is 16.6. The van der Waals surface area contributed by atoms with Crippen molar-refractivity contribution in [2.75, 3.05) is 24.6 Å². The third-order valence-corrected chi connectivity index (χ3v) is 2.35. The molecule has 0 spiro atoms. The number of amides is 1. The summed E-state index contributed by atoms with van der Waals surface area (Å²) < 4.78 is 8.72. The van der Waals surface area contributed by atoms with Gasteiger partial charge in [-0.2, -0.15) is 0 Å². The van der Waals surface area contributed by atoms with E-state index in [4.69, 9.17) is 16.6 Å². The van der Waals surface area contributed by atoms with Gasteiger partial charge in [-0.1, -0.05) is 0 Å². The molecule has 2 aromatic rings. The van der Waals surface area contributed by atoms with Gasteiger partial charge in [-0.05, 0) is 20.6 Å². The fourth-order valence-electron chi connectivity index (χ4n) is 1.38. The molecule has 21 heavy (non-hydrogen) atoms. The number of nitrogens with zero attached hydrogens (tertiary/aromatic N) is 4. The Morgan fingerprint density at radius 2 is 1.62 bits per heavy atom. The number of nitrogens with two attached hydrogens (primary N) is 2. The topological polar surface area (TPSA) is 191 Å². The van der Waals surface area contributed by atoms with Crippen molar-refractivity contribution in [2.45, 2.75) is 0 Å². The number of carbonyl (C=O) groups excluding carboxylic acids is 1. The monoisotopic (exact) mass is 296 g/mol. The molecule has 2 rings (SSSR count). The van der Waals surface area contributed by atoms with Crippen molar-refractivity contribution in [1.82, 2.24) is 31.3 Å². The molecule has 0 atom stereocenters. The smallest absolute Gasteiger partial charge is 0.277 e. The Morgan fingerprint density at radius 3 is 2.14 bits per heavy atom. The summed E-state index contributed by atoms with van der Waals surface area (Å²) in [5.41, 5.74) is 11.1. The molecule has 0 fully saturated rings. The SMILES string of the molecule is Nc1nonc1C(=O)NCCN/C(=C\O)c1nonc1N. The summed E-state index contributed by atoms with van der Waals surface area (Å²) in [5, 5.41) is 27.9. The minimum atomic E-state index is -0.535. The van der Waals surface area contributed by atoms with Gasteiger partial charge < -0.3 is 27.2 Å². The lowest BCUT2D eigenvalue weighted by molar-refractivity contribution is 0.0945. The average Bonchev–Trinajstić information content (AvgIpc) is 3.07. The lowest BCUT2D eigenvalue weighted by Crippen LogP contribution is -2.32. The molecule has 0 radical (unpaired) electrons. The Hall–Kier alpha value is -3.31. The molecule has 12 heteroatoms. The normalized spacial score (nSPS) is 11.3. The van der Waals surface area contributed by atoms with E-state index >= 15 is 0 Å². The highest BCUT2D eigenvalue weighted by Crippen LogP contribution is 2.13. The van der Waals surface area contributed by atoms with Crippen molar-refractivity contribution >= 4 is 23.2 Å². The van der Waals surface area contributed by atoms with Crippen LogP contribution in [0.15, 0.2) is 15.5 Å². The van der Waals surface area contributed by atoms with Gasteiger partial charge in [0.15, 0.2) is 11.5 Å². The molecule has 0 unspecified atom stereocenters. The summed E-state index contributed by atoms with van der Waals surface area (Å²) in [7, 11) is 0. The molecule has 0 aromatic carbocycles. The van der Waals surface area contributed by atoms with Crippen LogP contribution in [0.2, 0.25) is 0 Å². The number of hydrogen-bond acceptors (Lipinski definition) is 11. The molecular weight excluding hydrogens is 284 g/mol. The number of anilines is 2. The van der Waals surface area contributed by atoms with Crippen LogP contribution in [0, 0.1) is 0 Å². The van der Waals surface area contributed by atoms with Crippen LogP contribution in [0.1, 0.15) is 16.2 Å². The first-order chi connectivity index (χ1) is 10.1. The highest BCUT2D eigenvalue weighted by molar-refractivity contribution is 5.95. The van der Waals surface area contributed by atoms with Crippen molar-refractivity contribution in [2.24, 2.45) is 0 Å². The van der Waals surface area contributed by atoms with Crippen LogP contribution in [0.25, 0.3) is 5.70 Å². The maximum absolute atomic E-state index is 11.6. The summed E-state index contributed by atoms with van der Waals surface area (Å²) in [6.45, 7) is 0.462. The minimum Gasteiger partial charge on any atom is -0.513 e. The van der Waals surface area contributed by atoms with Gasteiger partial charge in [0.2, 0.25) is 11.5 Å². The van der Waals surface area contributed by atoms with E-state index in [1.807, 2.05) is 0 Å². The van der Waals surface area contributed by atoms with Crippen molar-refractivity contribution < 1.29 is 19.2 Å². The fourth-order valence-corrected chi connectivity index (χ4v) is 1.38. The third-order valence-electron chi connectivity index (χ3n) is 2.35. The lowest BCUT2D eigenvalue weighted by Gasteiger charge is -2.07. The standard InChI is InChI=1S/C9H12N8O4/c10-7-5(14-20-16-7)4(3-18)12-1-2-13-9(19)6-8(11)17-21-15-6/h3,12,18H,1-2H2,(H2,10,16)(H2,11,17)(H,13,19)/b4-3-. The van der Waals surface area contributed by atoms with E-state index in [2.05, 4.69) is 40.5 Å². The van der Waals surface area contributed by atoms with Gasteiger partial charge in [0, 0.05) is 13.1 Å². The Kier molecular flexibility index (Phi) is 4.18. The molecule has 112 valence electrons. The maximum Gasteiger partial charge on any atom is 0.277 e. The van der Waals surface area contributed by atoms with Gasteiger partial charge in [-0.15, -0.1) is 0 Å². The lowest BCUT2D eigenvalue weighted by atomic mass is 10.3. The van der Waals surface area contributed by atoms with E-state index in [-0.39, 0.29) is 41.8 Å². The second-order valence-corrected chi connectivity index (χ2v) is 3.72. The average molecular weight is 296 g/mol. The number of carbonyl (C=O) groups is 1. The van der Waals surface area contributed by atoms with E-state index in [1.54, 1.807) is 0 Å². The first-order valence-corrected chi connectivity index (χ1v) is 5.66. The van der Waals surface area contributed by atoms with E-state index in [0.29, 0.717) is 0 Å². The Labute approximate surface area is 117 Å². The van der Waals surface area contributed by atoms with Gasteiger partial charge >= 0.3 is 0 Å². The quantitative estimate of drug-likeness (QED) is 0.307. The number of nitrogens with one attached hydrogen (secondary N) is 2. The number of rotatable bonds is 6.